The average molecular weight is 332 g/mol. The van der Waals surface area contributed by atoms with Crippen molar-refractivity contribution in [2.24, 2.45) is 0 Å². The molecule has 1 aromatic carbocycles. The number of benzene rings is 1. The number of hydrogen-bond donors (Lipinski definition) is 1. The number of rotatable bonds is 6. The molecular weight excluding hydrogens is 312 g/mol. The highest BCUT2D eigenvalue weighted by molar-refractivity contribution is 6.04. The molecule has 2 heterocycles. The van der Waals surface area contributed by atoms with Gasteiger partial charge in [0.2, 0.25) is 0 Å². The number of ether oxygens (including phenoxy) is 1. The molecule has 2 atom stereocenters. The maximum Gasteiger partial charge on any atom is 0.327 e. The van der Waals surface area contributed by atoms with Crippen molar-refractivity contribution < 1.29 is 24.2 Å². The Bertz CT molecular complexity index is 635. The number of fused-ring (bicyclic) bond motifs is 1. The molecule has 1 aromatic rings. The number of β-amino-alcohol motifs (C(OH)–C–C–N with tert-alkyl or cyclic N) is 1. The Morgan fingerprint density at radius 2 is 2.04 bits per heavy atom. The SMILES string of the molecule is CC(=O)c1ccc(OC[C@H](O)CN2C(=O)[C@@H]3CCCN3C2=O)cc1. The van der Waals surface area contributed by atoms with Crippen LogP contribution in [0.25, 0.3) is 0 Å². The molecule has 2 saturated heterocycles. The van der Waals surface area contributed by atoms with E-state index in [0.717, 1.165) is 11.3 Å². The summed E-state index contributed by atoms with van der Waals surface area (Å²) in [6, 6.07) is 5.90. The quantitative estimate of drug-likeness (QED) is 0.622. The molecule has 0 aliphatic carbocycles. The number of carbonyl (C=O) groups excluding carboxylic acids is 3. The van der Waals surface area contributed by atoms with Crippen LogP contribution < -0.4 is 4.74 Å². The Balaban J connectivity index is 1.52. The summed E-state index contributed by atoms with van der Waals surface area (Å²) in [4.78, 5) is 38.2. The zero-order chi connectivity index (χ0) is 17.3. The average Bonchev–Trinajstić information content (AvgIpc) is 3.13. The van der Waals surface area contributed by atoms with Crippen molar-refractivity contribution in [1.82, 2.24) is 9.80 Å². The van der Waals surface area contributed by atoms with E-state index in [1.807, 2.05) is 0 Å². The molecule has 0 unspecified atom stereocenters. The molecule has 0 bridgehead atoms. The molecule has 1 N–H and O–H groups in total. The first-order valence-corrected chi connectivity index (χ1v) is 8.01. The van der Waals surface area contributed by atoms with Crippen LogP contribution in [0.15, 0.2) is 24.3 Å². The van der Waals surface area contributed by atoms with E-state index in [-0.39, 0.29) is 36.9 Å². The zero-order valence-electron chi connectivity index (χ0n) is 13.5. The second-order valence-corrected chi connectivity index (χ2v) is 6.13. The van der Waals surface area contributed by atoms with Gasteiger partial charge in [-0.2, -0.15) is 0 Å². The number of urea groups is 1. The van der Waals surface area contributed by atoms with E-state index in [2.05, 4.69) is 0 Å². The maximum atomic E-state index is 12.2. The minimum absolute atomic E-state index is 0.0341. The first-order valence-electron chi connectivity index (χ1n) is 8.01. The molecule has 2 aliphatic rings. The zero-order valence-corrected chi connectivity index (χ0v) is 13.5. The van der Waals surface area contributed by atoms with Gasteiger partial charge in [0.15, 0.2) is 5.78 Å². The molecule has 7 heteroatoms. The van der Waals surface area contributed by atoms with Crippen LogP contribution in [-0.4, -0.2) is 64.5 Å². The lowest BCUT2D eigenvalue weighted by molar-refractivity contribution is -0.129. The fraction of sp³-hybridized carbons (Fsp3) is 0.471. The molecule has 24 heavy (non-hydrogen) atoms. The van der Waals surface area contributed by atoms with Crippen molar-refractivity contribution in [2.45, 2.75) is 31.9 Å². The molecule has 0 radical (unpaired) electrons. The summed E-state index contributed by atoms with van der Waals surface area (Å²) in [6.45, 7) is 1.97. The van der Waals surface area contributed by atoms with Gasteiger partial charge in [0.05, 0.1) is 6.54 Å². The summed E-state index contributed by atoms with van der Waals surface area (Å²) in [7, 11) is 0. The van der Waals surface area contributed by atoms with Gasteiger partial charge in [0, 0.05) is 12.1 Å². The molecule has 2 aliphatic heterocycles. The number of nitrogens with zero attached hydrogens (tertiary/aromatic N) is 2. The summed E-state index contributed by atoms with van der Waals surface area (Å²) in [5.74, 6) is 0.245. The van der Waals surface area contributed by atoms with Gasteiger partial charge in [-0.05, 0) is 44.0 Å². The minimum Gasteiger partial charge on any atom is -0.491 e. The third-order valence-corrected chi connectivity index (χ3v) is 4.38. The van der Waals surface area contributed by atoms with Crippen molar-refractivity contribution >= 4 is 17.7 Å². The van der Waals surface area contributed by atoms with E-state index >= 15 is 0 Å². The molecule has 128 valence electrons. The Morgan fingerprint density at radius 1 is 1.33 bits per heavy atom. The summed E-state index contributed by atoms with van der Waals surface area (Å²) >= 11 is 0. The summed E-state index contributed by atoms with van der Waals surface area (Å²) < 4.78 is 5.45. The Morgan fingerprint density at radius 3 is 2.67 bits per heavy atom. The van der Waals surface area contributed by atoms with E-state index in [4.69, 9.17) is 4.74 Å². The largest absolute Gasteiger partial charge is 0.491 e. The van der Waals surface area contributed by atoms with E-state index in [9.17, 15) is 19.5 Å². The Hall–Kier alpha value is -2.41. The van der Waals surface area contributed by atoms with Crippen molar-refractivity contribution in [2.75, 3.05) is 19.7 Å². The summed E-state index contributed by atoms with van der Waals surface area (Å²) in [5, 5.41) is 10.1. The third-order valence-electron chi connectivity index (χ3n) is 4.38. The standard InChI is InChI=1S/C17H20N2O5/c1-11(20)12-4-6-14(7-5-12)24-10-13(21)9-19-16(22)15-3-2-8-18(15)17(19)23/h4-7,13,15,21H,2-3,8-10H2,1H3/t13-,15+/m1/s1. The fourth-order valence-electron chi connectivity index (χ4n) is 3.09. The van der Waals surface area contributed by atoms with Crippen LogP contribution in [-0.2, 0) is 4.79 Å². The van der Waals surface area contributed by atoms with Crippen LogP contribution in [0.2, 0.25) is 0 Å². The first-order chi connectivity index (χ1) is 11.5. The molecule has 0 saturated carbocycles. The van der Waals surface area contributed by atoms with Gasteiger partial charge in [0.25, 0.3) is 5.91 Å². The predicted molar refractivity (Wildman–Crippen MR) is 84.8 cm³/mol. The molecule has 0 spiro atoms. The molecular formula is C17H20N2O5. The number of amides is 3. The number of ketones is 1. The molecule has 3 amide bonds. The van der Waals surface area contributed by atoms with Crippen LogP contribution in [0.5, 0.6) is 5.75 Å². The topological polar surface area (TPSA) is 87.2 Å². The number of aliphatic hydroxyl groups excluding tert-OH is 1. The number of hydrogen-bond acceptors (Lipinski definition) is 5. The third kappa shape index (κ3) is 3.12. The fourth-order valence-corrected chi connectivity index (χ4v) is 3.09. The monoisotopic (exact) mass is 332 g/mol. The highest BCUT2D eigenvalue weighted by Crippen LogP contribution is 2.27. The molecule has 3 rings (SSSR count). The number of aliphatic hydroxyl groups is 1. The lowest BCUT2D eigenvalue weighted by Crippen LogP contribution is -2.41. The van der Waals surface area contributed by atoms with Crippen molar-refractivity contribution in [3.05, 3.63) is 29.8 Å². The maximum absolute atomic E-state index is 12.2. The lowest BCUT2D eigenvalue weighted by atomic mass is 10.1. The van der Waals surface area contributed by atoms with Gasteiger partial charge in [-0.3, -0.25) is 14.5 Å². The number of carbonyl (C=O) groups is 3. The second-order valence-electron chi connectivity index (χ2n) is 6.13. The Kier molecular flexibility index (Phi) is 4.53. The summed E-state index contributed by atoms with van der Waals surface area (Å²) in [6.07, 6.45) is 0.569. The van der Waals surface area contributed by atoms with Gasteiger partial charge < -0.3 is 14.7 Å². The van der Waals surface area contributed by atoms with E-state index in [1.165, 1.54) is 6.92 Å². The van der Waals surface area contributed by atoms with Gasteiger partial charge in [-0.15, -0.1) is 0 Å². The van der Waals surface area contributed by atoms with Gasteiger partial charge in [-0.1, -0.05) is 0 Å². The lowest BCUT2D eigenvalue weighted by Gasteiger charge is -2.19. The van der Waals surface area contributed by atoms with Crippen LogP contribution >= 0.6 is 0 Å². The molecule has 0 aromatic heterocycles. The molecule has 2 fully saturated rings. The van der Waals surface area contributed by atoms with Crippen LogP contribution in [0.1, 0.15) is 30.1 Å². The van der Waals surface area contributed by atoms with E-state index in [0.29, 0.717) is 24.3 Å². The number of Topliss-reactive ketones (excluding diaryl/α,β-unsaturated/α-hetero) is 1. The predicted octanol–water partition coefficient (Wildman–Crippen LogP) is 1.06. The van der Waals surface area contributed by atoms with E-state index in [1.54, 1.807) is 29.2 Å². The van der Waals surface area contributed by atoms with Crippen LogP contribution in [0.3, 0.4) is 0 Å². The normalized spacial score (nSPS) is 21.2. The van der Waals surface area contributed by atoms with Crippen molar-refractivity contribution in [1.29, 1.82) is 0 Å². The number of imide groups is 1. The van der Waals surface area contributed by atoms with Crippen LogP contribution in [0.4, 0.5) is 4.79 Å². The van der Waals surface area contributed by atoms with Gasteiger partial charge in [0.1, 0.15) is 24.5 Å². The van der Waals surface area contributed by atoms with Gasteiger partial charge in [-0.25, -0.2) is 4.79 Å². The van der Waals surface area contributed by atoms with Crippen molar-refractivity contribution in [3.8, 4) is 5.75 Å². The van der Waals surface area contributed by atoms with E-state index < -0.39 is 6.10 Å². The highest BCUT2D eigenvalue weighted by atomic mass is 16.5. The minimum atomic E-state index is -0.967. The second kappa shape index (κ2) is 6.60. The summed E-state index contributed by atoms with van der Waals surface area (Å²) in [5.41, 5.74) is 0.580. The van der Waals surface area contributed by atoms with Gasteiger partial charge >= 0.3 is 6.03 Å². The Labute approximate surface area is 139 Å². The highest BCUT2D eigenvalue weighted by Gasteiger charge is 2.47. The first kappa shape index (κ1) is 16.4. The molecule has 7 nitrogen and oxygen atoms in total. The van der Waals surface area contributed by atoms with Crippen LogP contribution in [0, 0.1) is 0 Å². The van der Waals surface area contributed by atoms with Crippen molar-refractivity contribution in [3.63, 3.8) is 0 Å². The smallest absolute Gasteiger partial charge is 0.327 e.